The second kappa shape index (κ2) is 10.1. The maximum absolute atomic E-state index is 13.1. The Balaban J connectivity index is 2.23. The summed E-state index contributed by atoms with van der Waals surface area (Å²) in [4.78, 5) is 27.2. The lowest BCUT2D eigenvalue weighted by Crippen LogP contribution is -2.48. The number of aryl methyl sites for hydroxylation is 1. The van der Waals surface area contributed by atoms with Crippen LogP contribution in [0.4, 0.5) is 0 Å². The number of amides is 2. The first-order valence-corrected chi connectivity index (χ1v) is 9.66. The van der Waals surface area contributed by atoms with Crippen molar-refractivity contribution in [2.75, 3.05) is 6.54 Å². The smallest absolute Gasteiger partial charge is 0.242 e. The van der Waals surface area contributed by atoms with Gasteiger partial charge < -0.3 is 10.2 Å². The quantitative estimate of drug-likeness (QED) is 0.741. The van der Waals surface area contributed by atoms with Gasteiger partial charge in [-0.25, -0.2) is 0 Å². The summed E-state index contributed by atoms with van der Waals surface area (Å²) < 4.78 is 0. The fourth-order valence-electron chi connectivity index (χ4n) is 2.87. The Hall–Kier alpha value is -2.33. The SMILES string of the molecule is CCCNC(=O)C(C)N(Cc1ccccc1C)C(=O)Cc1cccc(Cl)c1. The highest BCUT2D eigenvalue weighted by Crippen LogP contribution is 2.17. The van der Waals surface area contributed by atoms with Crippen molar-refractivity contribution in [2.45, 2.75) is 46.2 Å². The average molecular weight is 387 g/mol. The van der Waals surface area contributed by atoms with Crippen LogP contribution >= 0.6 is 11.6 Å². The molecule has 4 nitrogen and oxygen atoms in total. The molecule has 144 valence electrons. The molecule has 2 amide bonds. The van der Waals surface area contributed by atoms with Gasteiger partial charge in [-0.1, -0.05) is 54.9 Å². The predicted octanol–water partition coefficient (Wildman–Crippen LogP) is 4.13. The van der Waals surface area contributed by atoms with Gasteiger partial charge in [0.25, 0.3) is 0 Å². The zero-order valence-corrected chi connectivity index (χ0v) is 16.9. The summed E-state index contributed by atoms with van der Waals surface area (Å²) >= 11 is 6.04. The highest BCUT2D eigenvalue weighted by atomic mass is 35.5. The van der Waals surface area contributed by atoms with Crippen LogP contribution in [0.15, 0.2) is 48.5 Å². The number of hydrogen-bond acceptors (Lipinski definition) is 2. The van der Waals surface area contributed by atoms with E-state index >= 15 is 0 Å². The molecular formula is C22H27ClN2O2. The largest absolute Gasteiger partial charge is 0.354 e. The molecule has 0 spiro atoms. The van der Waals surface area contributed by atoms with E-state index in [0.29, 0.717) is 18.1 Å². The van der Waals surface area contributed by atoms with Crippen molar-refractivity contribution in [1.29, 1.82) is 0 Å². The number of halogens is 1. The Morgan fingerprint density at radius 3 is 2.56 bits per heavy atom. The van der Waals surface area contributed by atoms with E-state index in [4.69, 9.17) is 11.6 Å². The molecule has 5 heteroatoms. The maximum atomic E-state index is 13.1. The van der Waals surface area contributed by atoms with Gasteiger partial charge in [-0.3, -0.25) is 9.59 Å². The normalized spacial score (nSPS) is 11.7. The van der Waals surface area contributed by atoms with Crippen molar-refractivity contribution in [3.05, 3.63) is 70.2 Å². The van der Waals surface area contributed by atoms with Crippen molar-refractivity contribution in [1.82, 2.24) is 10.2 Å². The van der Waals surface area contributed by atoms with Crippen molar-refractivity contribution in [3.8, 4) is 0 Å². The minimum atomic E-state index is -0.553. The lowest BCUT2D eigenvalue weighted by molar-refractivity contribution is -0.140. The molecule has 0 aromatic heterocycles. The molecule has 2 aromatic rings. The van der Waals surface area contributed by atoms with Gasteiger partial charge in [-0.15, -0.1) is 0 Å². The van der Waals surface area contributed by atoms with Crippen LogP contribution in [-0.4, -0.2) is 29.3 Å². The first-order chi connectivity index (χ1) is 12.9. The standard InChI is InChI=1S/C22H27ClN2O2/c1-4-12-24-22(27)17(3)25(15-19-10-6-5-8-16(19)2)21(26)14-18-9-7-11-20(23)13-18/h5-11,13,17H,4,12,14-15H2,1-3H3,(H,24,27). The fourth-order valence-corrected chi connectivity index (χ4v) is 3.09. The third-order valence-corrected chi connectivity index (χ3v) is 4.80. The Morgan fingerprint density at radius 1 is 1.15 bits per heavy atom. The van der Waals surface area contributed by atoms with E-state index in [0.717, 1.165) is 23.1 Å². The van der Waals surface area contributed by atoms with Gasteiger partial charge >= 0.3 is 0 Å². The molecular weight excluding hydrogens is 360 g/mol. The Labute approximate surface area is 166 Å². The first-order valence-electron chi connectivity index (χ1n) is 9.28. The number of benzene rings is 2. The van der Waals surface area contributed by atoms with E-state index in [1.54, 1.807) is 24.0 Å². The molecule has 1 unspecified atom stereocenters. The lowest BCUT2D eigenvalue weighted by Gasteiger charge is -2.29. The molecule has 1 atom stereocenters. The van der Waals surface area contributed by atoms with E-state index < -0.39 is 6.04 Å². The van der Waals surface area contributed by atoms with Gasteiger partial charge in [0.2, 0.25) is 11.8 Å². The summed E-state index contributed by atoms with van der Waals surface area (Å²) in [5.74, 6) is -0.232. The first kappa shape index (κ1) is 21.0. The number of nitrogens with zero attached hydrogens (tertiary/aromatic N) is 1. The van der Waals surface area contributed by atoms with Crippen molar-refractivity contribution in [2.24, 2.45) is 0 Å². The number of carbonyl (C=O) groups is 2. The number of nitrogens with one attached hydrogen (secondary N) is 1. The molecule has 0 aliphatic rings. The lowest BCUT2D eigenvalue weighted by atomic mass is 10.1. The molecule has 0 radical (unpaired) electrons. The molecule has 2 aromatic carbocycles. The summed E-state index contributed by atoms with van der Waals surface area (Å²) in [5.41, 5.74) is 2.97. The van der Waals surface area contributed by atoms with Crippen LogP contribution in [0.3, 0.4) is 0 Å². The zero-order valence-electron chi connectivity index (χ0n) is 16.2. The maximum Gasteiger partial charge on any atom is 0.242 e. The van der Waals surface area contributed by atoms with Crippen molar-refractivity contribution < 1.29 is 9.59 Å². The third-order valence-electron chi connectivity index (χ3n) is 4.56. The summed E-state index contributed by atoms with van der Waals surface area (Å²) in [6.07, 6.45) is 1.06. The van der Waals surface area contributed by atoms with Gasteiger partial charge in [-0.05, 0) is 49.1 Å². The predicted molar refractivity (Wildman–Crippen MR) is 110 cm³/mol. The van der Waals surface area contributed by atoms with Crippen LogP contribution in [0.2, 0.25) is 5.02 Å². The second-order valence-corrected chi connectivity index (χ2v) is 7.16. The highest BCUT2D eigenvalue weighted by Gasteiger charge is 2.26. The van der Waals surface area contributed by atoms with Gasteiger partial charge in [0.05, 0.1) is 6.42 Å². The van der Waals surface area contributed by atoms with Crippen LogP contribution in [0.1, 0.15) is 37.0 Å². The third kappa shape index (κ3) is 6.10. The Kier molecular flexibility index (Phi) is 7.86. The second-order valence-electron chi connectivity index (χ2n) is 6.72. The van der Waals surface area contributed by atoms with Crippen LogP contribution in [0.5, 0.6) is 0 Å². The molecule has 0 aliphatic carbocycles. The average Bonchev–Trinajstić information content (AvgIpc) is 2.64. The molecule has 0 aliphatic heterocycles. The molecule has 1 N–H and O–H groups in total. The van der Waals surface area contributed by atoms with Gasteiger partial charge in [0, 0.05) is 18.1 Å². The number of rotatable bonds is 8. The van der Waals surface area contributed by atoms with Crippen LogP contribution in [0, 0.1) is 6.92 Å². The fraction of sp³-hybridized carbons (Fsp3) is 0.364. The topological polar surface area (TPSA) is 49.4 Å². The van der Waals surface area contributed by atoms with Crippen LogP contribution in [0.25, 0.3) is 0 Å². The van der Waals surface area contributed by atoms with E-state index in [9.17, 15) is 9.59 Å². The zero-order chi connectivity index (χ0) is 19.8. The number of hydrogen-bond donors (Lipinski definition) is 1. The van der Waals surface area contributed by atoms with Crippen molar-refractivity contribution >= 4 is 23.4 Å². The molecule has 0 bridgehead atoms. The van der Waals surface area contributed by atoms with Gasteiger partial charge in [-0.2, -0.15) is 0 Å². The van der Waals surface area contributed by atoms with Crippen LogP contribution < -0.4 is 5.32 Å². The Morgan fingerprint density at radius 2 is 1.89 bits per heavy atom. The Bertz CT molecular complexity index is 791. The molecule has 0 fully saturated rings. The molecule has 2 rings (SSSR count). The monoisotopic (exact) mass is 386 g/mol. The molecule has 0 heterocycles. The minimum Gasteiger partial charge on any atom is -0.354 e. The summed E-state index contributed by atoms with van der Waals surface area (Å²) in [5, 5.41) is 3.48. The number of carbonyl (C=O) groups excluding carboxylic acids is 2. The minimum absolute atomic E-state index is 0.0975. The van der Waals surface area contributed by atoms with Gasteiger partial charge in [0.1, 0.15) is 6.04 Å². The summed E-state index contributed by atoms with van der Waals surface area (Å²) in [7, 11) is 0. The van der Waals surface area contributed by atoms with E-state index in [2.05, 4.69) is 5.32 Å². The van der Waals surface area contributed by atoms with Crippen LogP contribution in [-0.2, 0) is 22.6 Å². The van der Waals surface area contributed by atoms with Gasteiger partial charge in [0.15, 0.2) is 0 Å². The van der Waals surface area contributed by atoms with E-state index in [1.165, 1.54) is 0 Å². The van der Waals surface area contributed by atoms with E-state index in [1.807, 2.05) is 50.2 Å². The highest BCUT2D eigenvalue weighted by molar-refractivity contribution is 6.30. The summed E-state index contributed by atoms with van der Waals surface area (Å²) in [6.45, 7) is 6.78. The molecule has 0 saturated carbocycles. The summed E-state index contributed by atoms with van der Waals surface area (Å²) in [6, 6.07) is 14.6. The van der Waals surface area contributed by atoms with Crippen molar-refractivity contribution in [3.63, 3.8) is 0 Å². The molecule has 27 heavy (non-hydrogen) atoms. The van der Waals surface area contributed by atoms with E-state index in [-0.39, 0.29) is 18.2 Å². The molecule has 0 saturated heterocycles.